The molecule has 2 bridgehead atoms. The molecule has 0 aliphatic carbocycles. The summed E-state index contributed by atoms with van der Waals surface area (Å²) >= 11 is 1.14. The molecule has 3 rings (SSSR count). The van der Waals surface area contributed by atoms with Gasteiger partial charge in [-0.25, -0.2) is 4.79 Å². The fourth-order valence-corrected chi connectivity index (χ4v) is 4.69. The van der Waals surface area contributed by atoms with Gasteiger partial charge in [-0.15, -0.1) is 0 Å². The zero-order valence-corrected chi connectivity index (χ0v) is 17.1. The fourth-order valence-electron chi connectivity index (χ4n) is 3.80. The summed E-state index contributed by atoms with van der Waals surface area (Å²) in [5.74, 6) is -1.46. The molecule has 0 aromatic rings. The zero-order chi connectivity index (χ0) is 20.0. The normalized spacial score (nSPS) is 35.2. The third kappa shape index (κ3) is 5.96. The van der Waals surface area contributed by atoms with Crippen LogP contribution in [0.25, 0.3) is 0 Å². The van der Waals surface area contributed by atoms with Crippen molar-refractivity contribution in [3.63, 3.8) is 0 Å². The summed E-state index contributed by atoms with van der Waals surface area (Å²) < 4.78 is 11.7. The van der Waals surface area contributed by atoms with Crippen molar-refractivity contribution in [2.45, 2.75) is 75.9 Å². The predicted octanol–water partition coefficient (Wildman–Crippen LogP) is 3.61. The van der Waals surface area contributed by atoms with Crippen LogP contribution in [0.5, 0.6) is 0 Å². The van der Waals surface area contributed by atoms with Crippen LogP contribution >= 0.6 is 11.8 Å². The Kier molecular flexibility index (Phi) is 7.37. The van der Waals surface area contributed by atoms with Gasteiger partial charge in [0.25, 0.3) is 5.24 Å². The van der Waals surface area contributed by atoms with Crippen molar-refractivity contribution in [1.29, 1.82) is 0 Å². The molecule has 0 aromatic heterocycles. The molecule has 28 heavy (non-hydrogen) atoms. The summed E-state index contributed by atoms with van der Waals surface area (Å²) in [6, 6.07) is -0.498. The average Bonchev–Trinajstić information content (AvgIpc) is 3.06. The number of hydrogen-bond acceptors (Lipinski definition) is 6. The Bertz CT molecular complexity index is 674. The van der Waals surface area contributed by atoms with Gasteiger partial charge in [0.05, 0.1) is 12.1 Å². The first kappa shape index (κ1) is 21.1. The van der Waals surface area contributed by atoms with Gasteiger partial charge in [-0.3, -0.25) is 4.79 Å². The van der Waals surface area contributed by atoms with Gasteiger partial charge in [-0.2, -0.15) is 0 Å². The predicted molar refractivity (Wildman–Crippen MR) is 109 cm³/mol. The number of nitrogens with one attached hydrogen (secondary N) is 1. The number of carbonyl (C=O) groups excluding carboxylic acids is 2. The molecule has 4 atom stereocenters. The first-order valence-electron chi connectivity index (χ1n) is 9.97. The molecule has 2 N–H and O–H groups in total. The number of ether oxygens (including phenoxy) is 2. The molecule has 0 aromatic carbocycles. The summed E-state index contributed by atoms with van der Waals surface area (Å²) in [5.41, 5.74) is 0.962. The maximum atomic E-state index is 12.3. The third-order valence-corrected chi connectivity index (χ3v) is 6.15. The largest absolute Gasteiger partial charge is 0.459 e. The van der Waals surface area contributed by atoms with E-state index in [0.29, 0.717) is 12.2 Å². The molecule has 0 spiro atoms. The van der Waals surface area contributed by atoms with E-state index in [1.165, 1.54) is 6.08 Å². The number of carbonyl (C=O) groups is 2. The van der Waals surface area contributed by atoms with Crippen LogP contribution < -0.4 is 5.32 Å². The van der Waals surface area contributed by atoms with Crippen molar-refractivity contribution in [3.05, 3.63) is 36.0 Å². The monoisotopic (exact) mass is 407 g/mol. The lowest BCUT2D eigenvalue weighted by molar-refractivity contribution is -0.283. The van der Waals surface area contributed by atoms with E-state index in [1.54, 1.807) is 0 Å². The highest BCUT2D eigenvalue weighted by Crippen LogP contribution is 2.36. The minimum absolute atomic E-state index is 0.163. The molecular formula is C21H29NO5S. The van der Waals surface area contributed by atoms with Gasteiger partial charge in [-0.1, -0.05) is 41.6 Å². The molecule has 7 heteroatoms. The van der Waals surface area contributed by atoms with E-state index in [4.69, 9.17) is 9.47 Å². The Morgan fingerprint density at radius 2 is 2.00 bits per heavy atom. The van der Waals surface area contributed by atoms with Crippen molar-refractivity contribution in [1.82, 2.24) is 5.32 Å². The van der Waals surface area contributed by atoms with E-state index in [0.717, 1.165) is 49.4 Å². The van der Waals surface area contributed by atoms with Crippen molar-refractivity contribution >= 4 is 23.0 Å². The molecule has 2 fully saturated rings. The molecule has 2 saturated heterocycles. The minimum Gasteiger partial charge on any atom is -0.459 e. The van der Waals surface area contributed by atoms with Crippen LogP contribution in [0.15, 0.2) is 36.0 Å². The molecule has 1 unspecified atom stereocenters. The minimum atomic E-state index is -1.52. The number of thioether (sulfide) groups is 1. The topological polar surface area (TPSA) is 84.9 Å². The molecule has 3 aliphatic heterocycles. The Hall–Kier alpha value is -1.57. The maximum absolute atomic E-state index is 12.3. The second-order valence-corrected chi connectivity index (χ2v) is 8.69. The molecule has 3 heterocycles. The Balaban J connectivity index is 1.75. The molecular weight excluding hydrogens is 378 g/mol. The Labute approximate surface area is 170 Å². The van der Waals surface area contributed by atoms with Gasteiger partial charge >= 0.3 is 5.97 Å². The van der Waals surface area contributed by atoms with Gasteiger partial charge < -0.3 is 19.9 Å². The number of aliphatic hydroxyl groups is 1. The summed E-state index contributed by atoms with van der Waals surface area (Å²) in [4.78, 5) is 23.9. The van der Waals surface area contributed by atoms with Gasteiger partial charge in [0, 0.05) is 24.7 Å². The van der Waals surface area contributed by atoms with Crippen LogP contribution in [-0.4, -0.2) is 46.1 Å². The molecule has 6 nitrogen and oxygen atoms in total. The van der Waals surface area contributed by atoms with E-state index in [2.05, 4.69) is 17.5 Å². The number of esters is 1. The van der Waals surface area contributed by atoms with Crippen LogP contribution in [0, 0.1) is 0 Å². The van der Waals surface area contributed by atoms with Crippen molar-refractivity contribution in [2.24, 2.45) is 0 Å². The summed E-state index contributed by atoms with van der Waals surface area (Å²) in [6.45, 7) is 1.92. The van der Waals surface area contributed by atoms with Crippen LogP contribution in [-0.2, 0) is 14.3 Å². The smallest absolute Gasteiger partial charge is 0.330 e. The maximum Gasteiger partial charge on any atom is 0.330 e. The lowest BCUT2D eigenvalue weighted by Gasteiger charge is -2.43. The highest BCUT2D eigenvalue weighted by molar-refractivity contribution is 8.14. The molecule has 0 saturated carbocycles. The summed E-state index contributed by atoms with van der Waals surface area (Å²) in [5, 5.41) is 13.7. The van der Waals surface area contributed by atoms with E-state index in [9.17, 15) is 14.7 Å². The fraction of sp³-hybridized carbons (Fsp3) is 0.619. The van der Waals surface area contributed by atoms with Gasteiger partial charge in [0.2, 0.25) is 0 Å². The van der Waals surface area contributed by atoms with Gasteiger partial charge in [-0.05, 0) is 39.0 Å². The number of fused-ring (bicyclic) bond motifs is 2. The Morgan fingerprint density at radius 1 is 1.21 bits per heavy atom. The standard InChI is InChI=1S/C21H29NO5S/c1-15-9-7-5-3-2-4-6-8-10-16-12-17(26-19(23)11-15)13-21(25,27-16)18-14-28-20(24)22-18/h2-5,11,16-18,25H,6-10,12-14H2,1H3,(H,22,24)/t16-,17-,18?,21-/m1/s1. The van der Waals surface area contributed by atoms with Crippen molar-refractivity contribution in [2.75, 3.05) is 5.75 Å². The highest BCUT2D eigenvalue weighted by atomic mass is 32.2. The second-order valence-electron chi connectivity index (χ2n) is 7.70. The van der Waals surface area contributed by atoms with Gasteiger partial charge in [0.1, 0.15) is 6.10 Å². The average molecular weight is 408 g/mol. The first-order valence-corrected chi connectivity index (χ1v) is 11.0. The molecule has 0 radical (unpaired) electrons. The van der Waals surface area contributed by atoms with E-state index >= 15 is 0 Å². The SMILES string of the molecule is CC1=CC(=O)O[C@@H]2C[C@@H](CCCC=CC=CCC1)O[C@@](O)(C1CSC(=O)N1)C2. The number of hydrogen-bond donors (Lipinski definition) is 2. The van der Waals surface area contributed by atoms with E-state index in [1.807, 2.05) is 19.1 Å². The highest BCUT2D eigenvalue weighted by Gasteiger charge is 2.49. The number of allylic oxidation sites excluding steroid dienone is 5. The number of rotatable bonds is 1. The first-order chi connectivity index (χ1) is 13.4. The zero-order valence-electron chi connectivity index (χ0n) is 16.3. The van der Waals surface area contributed by atoms with Crippen LogP contribution in [0.3, 0.4) is 0 Å². The molecule has 154 valence electrons. The van der Waals surface area contributed by atoms with Gasteiger partial charge in [0.15, 0.2) is 5.79 Å². The van der Waals surface area contributed by atoms with E-state index in [-0.39, 0.29) is 23.7 Å². The van der Waals surface area contributed by atoms with Crippen molar-refractivity contribution in [3.8, 4) is 0 Å². The third-order valence-electron chi connectivity index (χ3n) is 5.27. The Morgan fingerprint density at radius 3 is 2.75 bits per heavy atom. The van der Waals surface area contributed by atoms with E-state index < -0.39 is 17.9 Å². The van der Waals surface area contributed by atoms with Crippen LogP contribution in [0.4, 0.5) is 4.79 Å². The van der Waals surface area contributed by atoms with Crippen LogP contribution in [0.1, 0.15) is 51.9 Å². The lowest BCUT2D eigenvalue weighted by Crippen LogP contribution is -2.58. The molecule has 3 aliphatic rings. The van der Waals surface area contributed by atoms with Crippen LogP contribution in [0.2, 0.25) is 0 Å². The van der Waals surface area contributed by atoms with Crippen molar-refractivity contribution < 1.29 is 24.2 Å². The quantitative estimate of drug-likeness (QED) is 0.646. The summed E-state index contributed by atoms with van der Waals surface area (Å²) in [7, 11) is 0. The second kappa shape index (κ2) is 9.76. The molecule has 1 amide bonds. The summed E-state index contributed by atoms with van der Waals surface area (Å²) in [6.07, 6.45) is 14.2. The lowest BCUT2D eigenvalue weighted by atomic mass is 9.91. The number of amides is 1.